The number of benzene rings is 1. The highest BCUT2D eigenvalue weighted by Gasteiger charge is 2.21. The number of nitrogens with zero attached hydrogens (tertiary/aromatic N) is 2. The van der Waals surface area contributed by atoms with Gasteiger partial charge in [0.2, 0.25) is 0 Å². The molecule has 0 aliphatic heterocycles. The van der Waals surface area contributed by atoms with Crippen molar-refractivity contribution in [2.45, 2.75) is 33.5 Å². The number of carbonyl (C=O) groups is 2. The summed E-state index contributed by atoms with van der Waals surface area (Å²) in [5.41, 5.74) is 1.25. The zero-order valence-electron chi connectivity index (χ0n) is 18.6. The molecule has 4 aromatic rings. The zero-order chi connectivity index (χ0) is 24.1. The lowest BCUT2D eigenvalue weighted by Crippen LogP contribution is -2.25. The molecule has 2 N–H and O–H groups in total. The van der Waals surface area contributed by atoms with Crippen LogP contribution in [0.15, 0.2) is 63.8 Å². The number of hydrogen-bond acceptors (Lipinski definition) is 6. The van der Waals surface area contributed by atoms with E-state index in [9.17, 15) is 9.59 Å². The fourth-order valence-corrected chi connectivity index (χ4v) is 3.49. The maximum absolute atomic E-state index is 12.8. The van der Waals surface area contributed by atoms with Gasteiger partial charge in [-0.2, -0.15) is 5.10 Å². The van der Waals surface area contributed by atoms with Gasteiger partial charge >= 0.3 is 0 Å². The second-order valence-corrected chi connectivity index (χ2v) is 7.81. The van der Waals surface area contributed by atoms with Crippen molar-refractivity contribution >= 4 is 29.1 Å². The minimum absolute atomic E-state index is 0.0701. The van der Waals surface area contributed by atoms with Gasteiger partial charge in [0.1, 0.15) is 23.9 Å². The van der Waals surface area contributed by atoms with Crippen LogP contribution in [0.4, 0.5) is 5.69 Å². The maximum atomic E-state index is 12.8. The highest BCUT2D eigenvalue weighted by atomic mass is 35.5. The van der Waals surface area contributed by atoms with Gasteiger partial charge in [0.05, 0.1) is 23.5 Å². The molecule has 9 nitrogen and oxygen atoms in total. The number of nitrogens with one attached hydrogen (secondary N) is 2. The van der Waals surface area contributed by atoms with Gasteiger partial charge in [-0.15, -0.1) is 0 Å². The minimum Gasteiger partial charge on any atom is -0.484 e. The average molecular weight is 483 g/mol. The monoisotopic (exact) mass is 482 g/mol. The molecule has 0 radical (unpaired) electrons. The van der Waals surface area contributed by atoms with E-state index in [1.54, 1.807) is 35.1 Å². The van der Waals surface area contributed by atoms with Crippen LogP contribution in [0, 0.1) is 6.92 Å². The molecule has 2 amide bonds. The average Bonchev–Trinajstić information content (AvgIpc) is 3.58. The first-order valence-electron chi connectivity index (χ1n) is 10.6. The number of ether oxygens (including phenoxy) is 1. The van der Waals surface area contributed by atoms with Crippen molar-refractivity contribution in [3.05, 3.63) is 88.5 Å². The Hall–Kier alpha value is -3.98. The van der Waals surface area contributed by atoms with Crippen LogP contribution in [0.2, 0.25) is 5.02 Å². The molecule has 1 aromatic carbocycles. The summed E-state index contributed by atoms with van der Waals surface area (Å²) in [5.74, 6) is 0.721. The quantitative estimate of drug-likeness (QED) is 0.354. The third-order valence-corrected chi connectivity index (χ3v) is 5.26. The number of aromatic nitrogens is 2. The molecule has 0 aliphatic carbocycles. The molecule has 0 saturated heterocycles. The van der Waals surface area contributed by atoms with Crippen LogP contribution in [0.3, 0.4) is 0 Å². The van der Waals surface area contributed by atoms with Gasteiger partial charge in [0.25, 0.3) is 11.8 Å². The number of carbonyl (C=O) groups excluding carboxylic acids is 2. The van der Waals surface area contributed by atoms with E-state index >= 15 is 0 Å². The highest BCUT2D eigenvalue weighted by Crippen LogP contribution is 2.29. The Morgan fingerprint density at radius 3 is 2.71 bits per heavy atom. The Labute approximate surface area is 200 Å². The fourth-order valence-electron chi connectivity index (χ4n) is 3.21. The SMILES string of the molecule is CCn1cc(NC(=O)c2ccc(COc3c(C)cccc3Cl)o2)c(C(=O)NCc2ccco2)n1. The Morgan fingerprint density at radius 1 is 1.12 bits per heavy atom. The van der Waals surface area contributed by atoms with Crippen molar-refractivity contribution in [2.24, 2.45) is 0 Å². The fraction of sp³-hybridized carbons (Fsp3) is 0.208. The van der Waals surface area contributed by atoms with Crippen LogP contribution < -0.4 is 15.4 Å². The Balaban J connectivity index is 1.42. The normalized spacial score (nSPS) is 10.8. The van der Waals surface area contributed by atoms with E-state index in [0.717, 1.165) is 5.56 Å². The van der Waals surface area contributed by atoms with Crippen LogP contribution in [0.5, 0.6) is 5.75 Å². The van der Waals surface area contributed by atoms with E-state index in [0.29, 0.717) is 28.8 Å². The summed E-state index contributed by atoms with van der Waals surface area (Å²) in [6, 6.07) is 12.1. The van der Waals surface area contributed by atoms with Gasteiger partial charge in [0, 0.05) is 12.7 Å². The molecule has 0 fully saturated rings. The molecule has 0 bridgehead atoms. The van der Waals surface area contributed by atoms with Gasteiger partial charge < -0.3 is 24.2 Å². The summed E-state index contributed by atoms with van der Waals surface area (Å²) < 4.78 is 18.2. The van der Waals surface area contributed by atoms with E-state index in [2.05, 4.69) is 15.7 Å². The predicted octanol–water partition coefficient (Wildman–Crippen LogP) is 4.81. The van der Waals surface area contributed by atoms with E-state index in [1.165, 1.54) is 12.3 Å². The van der Waals surface area contributed by atoms with Crippen LogP contribution in [0.25, 0.3) is 0 Å². The molecule has 3 aromatic heterocycles. The van der Waals surface area contributed by atoms with E-state index in [-0.39, 0.29) is 30.3 Å². The smallest absolute Gasteiger partial charge is 0.291 e. The van der Waals surface area contributed by atoms with E-state index in [4.69, 9.17) is 25.2 Å². The Morgan fingerprint density at radius 2 is 1.97 bits per heavy atom. The summed E-state index contributed by atoms with van der Waals surface area (Å²) in [7, 11) is 0. The molecule has 34 heavy (non-hydrogen) atoms. The van der Waals surface area contributed by atoms with Crippen LogP contribution in [-0.4, -0.2) is 21.6 Å². The van der Waals surface area contributed by atoms with Crippen molar-refractivity contribution in [1.29, 1.82) is 0 Å². The standard InChI is InChI=1S/C24H23ClN4O5/c1-3-29-13-19(21(28-29)24(31)26-12-16-7-5-11-32-16)27-23(30)20-10-9-17(34-20)14-33-22-15(2)6-4-8-18(22)25/h4-11,13H,3,12,14H2,1-2H3,(H,26,31)(H,27,30). The van der Waals surface area contributed by atoms with Crippen molar-refractivity contribution in [2.75, 3.05) is 5.32 Å². The molecule has 0 unspecified atom stereocenters. The molecular weight excluding hydrogens is 460 g/mol. The van der Waals surface area contributed by atoms with Crippen molar-refractivity contribution in [3.8, 4) is 5.75 Å². The largest absolute Gasteiger partial charge is 0.484 e. The molecular formula is C24H23ClN4O5. The number of para-hydroxylation sites is 1. The summed E-state index contributed by atoms with van der Waals surface area (Å²) in [5, 5.41) is 10.2. The highest BCUT2D eigenvalue weighted by molar-refractivity contribution is 6.32. The van der Waals surface area contributed by atoms with E-state index < -0.39 is 11.8 Å². The molecule has 0 spiro atoms. The third kappa shape index (κ3) is 5.32. The summed E-state index contributed by atoms with van der Waals surface area (Å²) in [6.45, 7) is 4.60. The molecule has 3 heterocycles. The lowest BCUT2D eigenvalue weighted by molar-refractivity contribution is 0.0943. The summed E-state index contributed by atoms with van der Waals surface area (Å²) >= 11 is 6.18. The molecule has 0 saturated carbocycles. The lowest BCUT2D eigenvalue weighted by Gasteiger charge is -2.09. The lowest BCUT2D eigenvalue weighted by atomic mass is 10.2. The minimum atomic E-state index is -0.518. The van der Waals surface area contributed by atoms with Crippen LogP contribution in [-0.2, 0) is 19.7 Å². The topological polar surface area (TPSA) is 112 Å². The number of aryl methyl sites for hydroxylation is 2. The second kappa shape index (κ2) is 10.3. The van der Waals surface area contributed by atoms with Crippen molar-refractivity contribution < 1.29 is 23.2 Å². The Kier molecular flexibility index (Phi) is 7.03. The van der Waals surface area contributed by atoms with Crippen molar-refractivity contribution in [1.82, 2.24) is 15.1 Å². The molecule has 4 rings (SSSR count). The molecule has 0 aliphatic rings. The molecule has 10 heteroatoms. The molecule has 0 atom stereocenters. The van der Waals surface area contributed by atoms with Crippen molar-refractivity contribution in [3.63, 3.8) is 0 Å². The van der Waals surface area contributed by atoms with Gasteiger partial charge in [0.15, 0.2) is 11.5 Å². The third-order valence-electron chi connectivity index (χ3n) is 4.96. The summed E-state index contributed by atoms with van der Waals surface area (Å²) in [6.07, 6.45) is 3.12. The van der Waals surface area contributed by atoms with Gasteiger partial charge in [-0.05, 0) is 49.7 Å². The number of anilines is 1. The number of hydrogen-bond donors (Lipinski definition) is 2. The van der Waals surface area contributed by atoms with Gasteiger partial charge in [-0.25, -0.2) is 0 Å². The van der Waals surface area contributed by atoms with Crippen LogP contribution in [0.1, 0.15) is 45.1 Å². The summed E-state index contributed by atoms with van der Waals surface area (Å²) in [4.78, 5) is 25.4. The van der Waals surface area contributed by atoms with E-state index in [1.807, 2.05) is 26.0 Å². The first-order chi connectivity index (χ1) is 16.4. The zero-order valence-corrected chi connectivity index (χ0v) is 19.4. The first kappa shape index (κ1) is 23.2. The number of rotatable bonds is 9. The molecule has 176 valence electrons. The van der Waals surface area contributed by atoms with Gasteiger partial charge in [-0.3, -0.25) is 14.3 Å². The first-order valence-corrected chi connectivity index (χ1v) is 11.0. The second-order valence-electron chi connectivity index (χ2n) is 7.40. The number of halogens is 1. The number of furan rings is 2. The Bertz CT molecular complexity index is 1270. The maximum Gasteiger partial charge on any atom is 0.291 e. The number of amides is 2. The predicted molar refractivity (Wildman–Crippen MR) is 125 cm³/mol. The van der Waals surface area contributed by atoms with Gasteiger partial charge in [-0.1, -0.05) is 23.7 Å². The van der Waals surface area contributed by atoms with Crippen LogP contribution >= 0.6 is 11.6 Å².